The molecule has 0 aromatic heterocycles. The van der Waals surface area contributed by atoms with Gasteiger partial charge in [0.25, 0.3) is 0 Å². The maximum Gasteiger partial charge on any atom is 0.239 e. The maximum atomic E-state index is 11.8. The van der Waals surface area contributed by atoms with Crippen molar-refractivity contribution in [3.63, 3.8) is 0 Å². The number of nitrogens with zero attached hydrogens (tertiary/aromatic N) is 1. The molecule has 8 heteroatoms. The van der Waals surface area contributed by atoms with Crippen LogP contribution in [-0.2, 0) is 16.0 Å². The van der Waals surface area contributed by atoms with Crippen LogP contribution in [0.25, 0.3) is 0 Å². The van der Waals surface area contributed by atoms with Crippen molar-refractivity contribution in [1.82, 2.24) is 10.2 Å². The Bertz CT molecular complexity index is 923. The molecule has 3 unspecified atom stereocenters. The van der Waals surface area contributed by atoms with Crippen LogP contribution in [-0.4, -0.2) is 53.6 Å². The van der Waals surface area contributed by atoms with Crippen molar-refractivity contribution < 1.29 is 14.3 Å². The molecule has 2 aromatic carbocycles. The van der Waals surface area contributed by atoms with Crippen molar-refractivity contribution in [2.75, 3.05) is 26.3 Å². The van der Waals surface area contributed by atoms with E-state index in [2.05, 4.69) is 17.1 Å². The zero-order chi connectivity index (χ0) is 21.8. The topological polar surface area (TPSA) is 74.7 Å². The summed E-state index contributed by atoms with van der Waals surface area (Å²) < 4.78 is 12.0. The number of carbonyl (C=O) groups excluding carboxylic acids is 1. The summed E-state index contributed by atoms with van der Waals surface area (Å²) in [5.41, 5.74) is 2.20. The van der Waals surface area contributed by atoms with E-state index in [4.69, 9.17) is 26.5 Å². The first-order valence-corrected chi connectivity index (χ1v) is 11.6. The summed E-state index contributed by atoms with van der Waals surface area (Å²) in [5, 5.41) is 10.8. The molecule has 31 heavy (non-hydrogen) atoms. The van der Waals surface area contributed by atoms with E-state index in [1.165, 1.54) is 11.8 Å². The molecule has 2 fully saturated rings. The number of carbonyl (C=O) groups is 1. The molecule has 0 spiro atoms. The van der Waals surface area contributed by atoms with E-state index in [1.807, 2.05) is 48.5 Å². The second-order valence-corrected chi connectivity index (χ2v) is 9.49. The van der Waals surface area contributed by atoms with Gasteiger partial charge in [0.15, 0.2) is 5.17 Å². The maximum absolute atomic E-state index is 11.8. The highest BCUT2D eigenvalue weighted by atomic mass is 35.5. The van der Waals surface area contributed by atoms with Gasteiger partial charge in [-0.05, 0) is 48.7 Å². The van der Waals surface area contributed by atoms with E-state index in [1.54, 1.807) is 0 Å². The molecule has 4 rings (SSSR count). The van der Waals surface area contributed by atoms with Crippen molar-refractivity contribution in [3.05, 3.63) is 64.7 Å². The second-order valence-electron chi connectivity index (χ2n) is 7.84. The van der Waals surface area contributed by atoms with E-state index in [0.717, 1.165) is 35.0 Å². The lowest BCUT2D eigenvalue weighted by molar-refractivity contribution is -0.118. The van der Waals surface area contributed by atoms with Crippen LogP contribution in [0.2, 0.25) is 5.02 Å². The lowest BCUT2D eigenvalue weighted by Crippen LogP contribution is -2.45. The van der Waals surface area contributed by atoms with Crippen molar-refractivity contribution >= 4 is 34.4 Å². The Labute approximate surface area is 191 Å². The van der Waals surface area contributed by atoms with Crippen LogP contribution in [0.1, 0.15) is 24.2 Å². The van der Waals surface area contributed by atoms with E-state index in [0.29, 0.717) is 19.6 Å². The average Bonchev–Trinajstić information content (AvgIpc) is 3.10. The standard InChI is InChI=1S/C23H26ClN3O3S/c1-15(27-10-11-29-20(13-27)17-4-6-18(24)7-5-17)14-30-19-8-2-16(3-9-19)12-21-22(28)26-23(25)31-21/h2-9,15,20-21H,10-14H2,1H3,(H2,25,26,28). The minimum absolute atomic E-state index is 0.0416. The SMILES string of the molecule is CC(COc1ccc(CC2SC(=N)NC2=O)cc1)N1CCOC(c2ccc(Cl)cc2)C1. The Kier molecular flexibility index (Phi) is 7.17. The molecule has 2 aliphatic heterocycles. The molecule has 2 N–H and O–H groups in total. The lowest BCUT2D eigenvalue weighted by Gasteiger charge is -2.36. The van der Waals surface area contributed by atoms with Gasteiger partial charge in [-0.1, -0.05) is 47.6 Å². The quantitative estimate of drug-likeness (QED) is 0.657. The zero-order valence-corrected chi connectivity index (χ0v) is 18.9. The monoisotopic (exact) mass is 459 g/mol. The number of ether oxygens (including phenoxy) is 2. The number of thioether (sulfide) groups is 1. The predicted molar refractivity (Wildman–Crippen MR) is 124 cm³/mol. The molecule has 164 valence electrons. The molecule has 2 aliphatic rings. The highest BCUT2D eigenvalue weighted by Gasteiger charge is 2.29. The van der Waals surface area contributed by atoms with Crippen LogP contribution in [0, 0.1) is 5.41 Å². The normalized spacial score (nSPS) is 22.9. The first-order valence-electron chi connectivity index (χ1n) is 10.4. The molecule has 1 amide bonds. The average molecular weight is 460 g/mol. The Balaban J connectivity index is 1.27. The summed E-state index contributed by atoms with van der Waals surface area (Å²) in [6.07, 6.45) is 0.648. The number of halogens is 1. The van der Waals surface area contributed by atoms with E-state index in [-0.39, 0.29) is 28.5 Å². The van der Waals surface area contributed by atoms with Crippen molar-refractivity contribution in [1.29, 1.82) is 5.41 Å². The third kappa shape index (κ3) is 5.80. The van der Waals surface area contributed by atoms with E-state index < -0.39 is 0 Å². The van der Waals surface area contributed by atoms with Gasteiger partial charge in [0.2, 0.25) is 5.91 Å². The summed E-state index contributed by atoms with van der Waals surface area (Å²) in [6.45, 7) is 5.15. The predicted octanol–water partition coefficient (Wildman–Crippen LogP) is 3.89. The summed E-state index contributed by atoms with van der Waals surface area (Å²) in [6, 6.07) is 16.0. The van der Waals surface area contributed by atoms with Crippen molar-refractivity contribution in [2.45, 2.75) is 30.7 Å². The van der Waals surface area contributed by atoms with Crippen LogP contribution in [0.4, 0.5) is 0 Å². The van der Waals surface area contributed by atoms with Crippen LogP contribution < -0.4 is 10.1 Å². The zero-order valence-electron chi connectivity index (χ0n) is 17.3. The fourth-order valence-corrected chi connectivity index (χ4v) is 4.77. The Morgan fingerprint density at radius 3 is 2.68 bits per heavy atom. The largest absolute Gasteiger partial charge is 0.492 e. The first kappa shape index (κ1) is 22.1. The van der Waals surface area contributed by atoms with E-state index in [9.17, 15) is 4.79 Å². The fourth-order valence-electron chi connectivity index (χ4n) is 3.76. The molecule has 0 aliphatic carbocycles. The van der Waals surface area contributed by atoms with Gasteiger partial charge in [-0.3, -0.25) is 15.1 Å². The van der Waals surface area contributed by atoms with Gasteiger partial charge in [-0.15, -0.1) is 0 Å². The van der Waals surface area contributed by atoms with Crippen LogP contribution in [0.15, 0.2) is 48.5 Å². The molecular formula is C23H26ClN3O3S. The summed E-state index contributed by atoms with van der Waals surface area (Å²) in [7, 11) is 0. The molecule has 6 nitrogen and oxygen atoms in total. The minimum atomic E-state index is -0.228. The number of rotatable bonds is 7. The van der Waals surface area contributed by atoms with Crippen LogP contribution in [0.3, 0.4) is 0 Å². The molecule has 3 atom stereocenters. The molecule has 0 radical (unpaired) electrons. The first-order chi connectivity index (χ1) is 15.0. The number of hydrogen-bond acceptors (Lipinski definition) is 6. The lowest BCUT2D eigenvalue weighted by atomic mass is 10.1. The molecule has 2 saturated heterocycles. The summed E-state index contributed by atoms with van der Waals surface area (Å²) in [4.78, 5) is 14.2. The minimum Gasteiger partial charge on any atom is -0.492 e. The Morgan fingerprint density at radius 2 is 2.00 bits per heavy atom. The number of hydrogen-bond donors (Lipinski definition) is 2. The number of amidine groups is 1. The smallest absolute Gasteiger partial charge is 0.239 e. The highest BCUT2D eigenvalue weighted by Crippen LogP contribution is 2.26. The van der Waals surface area contributed by atoms with E-state index >= 15 is 0 Å². The number of morpholine rings is 1. The number of amides is 1. The summed E-state index contributed by atoms with van der Waals surface area (Å²) in [5.74, 6) is 0.723. The number of benzene rings is 2. The van der Waals surface area contributed by atoms with Gasteiger partial charge in [0.1, 0.15) is 12.4 Å². The van der Waals surface area contributed by atoms with Crippen molar-refractivity contribution in [2.24, 2.45) is 0 Å². The molecule has 2 heterocycles. The van der Waals surface area contributed by atoms with Gasteiger partial charge in [0.05, 0.1) is 18.0 Å². The van der Waals surface area contributed by atoms with Gasteiger partial charge in [-0.25, -0.2) is 0 Å². The van der Waals surface area contributed by atoms with Crippen LogP contribution >= 0.6 is 23.4 Å². The Hall–Kier alpha value is -2.06. The summed E-state index contributed by atoms with van der Waals surface area (Å²) >= 11 is 7.27. The molecule has 0 saturated carbocycles. The third-order valence-electron chi connectivity index (χ3n) is 5.59. The molecular weight excluding hydrogens is 434 g/mol. The Morgan fingerprint density at radius 1 is 1.26 bits per heavy atom. The molecule has 0 bridgehead atoms. The number of nitrogens with one attached hydrogen (secondary N) is 2. The highest BCUT2D eigenvalue weighted by molar-refractivity contribution is 8.15. The van der Waals surface area contributed by atoms with Gasteiger partial charge < -0.3 is 14.8 Å². The van der Waals surface area contributed by atoms with Gasteiger partial charge in [0, 0.05) is 24.2 Å². The van der Waals surface area contributed by atoms with Gasteiger partial charge >= 0.3 is 0 Å². The fraction of sp³-hybridized carbons (Fsp3) is 0.391. The molecule has 2 aromatic rings. The van der Waals surface area contributed by atoms with Gasteiger partial charge in [-0.2, -0.15) is 0 Å². The second kappa shape index (κ2) is 10.0. The third-order valence-corrected chi connectivity index (χ3v) is 6.84. The van der Waals surface area contributed by atoms with Crippen LogP contribution in [0.5, 0.6) is 5.75 Å². The van der Waals surface area contributed by atoms with Crippen molar-refractivity contribution in [3.8, 4) is 5.75 Å².